The van der Waals surface area contributed by atoms with Gasteiger partial charge in [0.15, 0.2) is 5.13 Å². The normalized spacial score (nSPS) is 17.0. The number of carbonyl (C=O) groups excluding carboxylic acids is 1. The summed E-state index contributed by atoms with van der Waals surface area (Å²) in [6.07, 6.45) is 1.99. The third kappa shape index (κ3) is 5.73. The van der Waals surface area contributed by atoms with Crippen molar-refractivity contribution in [1.29, 1.82) is 0 Å². The van der Waals surface area contributed by atoms with Crippen molar-refractivity contribution >= 4 is 44.0 Å². The standard InChI is InChI=1S/C23H24ClN3O4S2/c1-31-19-11-7-17(8-12-19)20-14-32-23(25-20)26-22(28)21-4-2-3-13-27(21)33(29,30)15-16-5-9-18(24)10-6-16/h5-12,14,21H,2-4,13,15H2,1H3,(H,25,26,28)/t21-/m1/s1. The van der Waals surface area contributed by atoms with Gasteiger partial charge in [0.2, 0.25) is 15.9 Å². The molecule has 1 aliphatic heterocycles. The lowest BCUT2D eigenvalue weighted by atomic mass is 10.0. The Morgan fingerprint density at radius 1 is 1.18 bits per heavy atom. The monoisotopic (exact) mass is 505 g/mol. The summed E-state index contributed by atoms with van der Waals surface area (Å²) in [4.78, 5) is 17.6. The molecule has 174 valence electrons. The van der Waals surface area contributed by atoms with E-state index in [-0.39, 0.29) is 11.7 Å². The van der Waals surface area contributed by atoms with Crippen molar-refractivity contribution in [3.8, 4) is 17.0 Å². The first-order chi connectivity index (χ1) is 15.9. The minimum absolute atomic E-state index is 0.174. The zero-order valence-corrected chi connectivity index (χ0v) is 20.4. The second-order valence-corrected chi connectivity index (χ2v) is 11.0. The van der Waals surface area contributed by atoms with E-state index >= 15 is 0 Å². The number of amides is 1. The molecule has 33 heavy (non-hydrogen) atoms. The van der Waals surface area contributed by atoms with E-state index in [1.54, 1.807) is 31.4 Å². The summed E-state index contributed by atoms with van der Waals surface area (Å²) in [6, 6.07) is 13.4. The Morgan fingerprint density at radius 2 is 1.91 bits per heavy atom. The molecule has 0 bridgehead atoms. The van der Waals surface area contributed by atoms with Crippen molar-refractivity contribution in [3.63, 3.8) is 0 Å². The van der Waals surface area contributed by atoms with E-state index in [0.717, 1.165) is 29.8 Å². The number of hydrogen-bond acceptors (Lipinski definition) is 6. The number of aromatic nitrogens is 1. The number of thiazole rings is 1. The molecule has 4 rings (SSSR count). The van der Waals surface area contributed by atoms with Crippen molar-refractivity contribution in [2.24, 2.45) is 0 Å². The van der Waals surface area contributed by atoms with Gasteiger partial charge in [-0.2, -0.15) is 4.31 Å². The molecule has 1 aliphatic rings. The first-order valence-electron chi connectivity index (χ1n) is 10.5. The third-order valence-electron chi connectivity index (χ3n) is 5.50. The summed E-state index contributed by atoms with van der Waals surface area (Å²) in [7, 11) is -2.07. The van der Waals surface area contributed by atoms with Gasteiger partial charge in [0, 0.05) is 22.5 Å². The fourth-order valence-electron chi connectivity index (χ4n) is 3.79. The van der Waals surface area contributed by atoms with E-state index in [1.807, 2.05) is 29.6 Å². The van der Waals surface area contributed by atoms with Crippen molar-refractivity contribution in [1.82, 2.24) is 9.29 Å². The Hall–Kier alpha value is -2.46. The molecule has 1 N–H and O–H groups in total. The summed E-state index contributed by atoms with van der Waals surface area (Å²) < 4.78 is 32.8. The number of halogens is 1. The van der Waals surface area contributed by atoms with Crippen molar-refractivity contribution in [3.05, 3.63) is 64.5 Å². The lowest BCUT2D eigenvalue weighted by Crippen LogP contribution is -2.50. The van der Waals surface area contributed by atoms with E-state index in [1.165, 1.54) is 15.6 Å². The number of piperidine rings is 1. The molecule has 7 nitrogen and oxygen atoms in total. The maximum atomic E-state index is 13.1. The predicted molar refractivity (Wildman–Crippen MR) is 131 cm³/mol. The van der Waals surface area contributed by atoms with Crippen LogP contribution in [0.2, 0.25) is 5.02 Å². The van der Waals surface area contributed by atoms with Crippen LogP contribution in [0.3, 0.4) is 0 Å². The van der Waals surface area contributed by atoms with Gasteiger partial charge in [0.1, 0.15) is 11.8 Å². The minimum Gasteiger partial charge on any atom is -0.497 e. The molecule has 1 saturated heterocycles. The highest BCUT2D eigenvalue weighted by molar-refractivity contribution is 7.88. The highest BCUT2D eigenvalue weighted by Crippen LogP contribution is 2.28. The zero-order valence-electron chi connectivity index (χ0n) is 18.0. The van der Waals surface area contributed by atoms with Crippen LogP contribution < -0.4 is 10.1 Å². The van der Waals surface area contributed by atoms with E-state index < -0.39 is 16.1 Å². The Bertz CT molecular complexity index is 1210. The largest absolute Gasteiger partial charge is 0.497 e. The van der Waals surface area contributed by atoms with Gasteiger partial charge in [-0.3, -0.25) is 4.79 Å². The maximum absolute atomic E-state index is 13.1. The number of hydrogen-bond donors (Lipinski definition) is 1. The minimum atomic E-state index is -3.68. The number of nitrogens with zero attached hydrogens (tertiary/aromatic N) is 2. The van der Waals surface area contributed by atoms with Crippen LogP contribution >= 0.6 is 22.9 Å². The molecule has 0 saturated carbocycles. The average Bonchev–Trinajstić information content (AvgIpc) is 3.29. The number of ether oxygens (including phenoxy) is 1. The van der Waals surface area contributed by atoms with Crippen LogP contribution in [0.5, 0.6) is 5.75 Å². The van der Waals surface area contributed by atoms with Gasteiger partial charge < -0.3 is 10.1 Å². The first-order valence-corrected chi connectivity index (χ1v) is 13.4. The van der Waals surface area contributed by atoms with Gasteiger partial charge in [-0.15, -0.1) is 11.3 Å². The van der Waals surface area contributed by atoms with Crippen molar-refractivity contribution in [2.75, 3.05) is 19.0 Å². The number of carbonyl (C=O) groups is 1. The van der Waals surface area contributed by atoms with E-state index in [0.29, 0.717) is 28.7 Å². The molecule has 2 heterocycles. The SMILES string of the molecule is COc1ccc(-c2csc(NC(=O)[C@H]3CCCCN3S(=O)(=O)Cc3ccc(Cl)cc3)n2)cc1. The molecule has 3 aromatic rings. The Kier molecular flexibility index (Phi) is 7.33. The van der Waals surface area contributed by atoms with E-state index in [2.05, 4.69) is 10.3 Å². The Morgan fingerprint density at radius 3 is 2.61 bits per heavy atom. The molecule has 1 amide bonds. The zero-order chi connectivity index (χ0) is 23.4. The van der Waals surface area contributed by atoms with Gasteiger partial charge >= 0.3 is 0 Å². The molecule has 0 spiro atoms. The van der Waals surface area contributed by atoms with Crippen LogP contribution in [-0.2, 0) is 20.6 Å². The summed E-state index contributed by atoms with van der Waals surface area (Å²) in [5, 5.41) is 5.65. The average molecular weight is 506 g/mol. The maximum Gasteiger partial charge on any atom is 0.244 e. The fraction of sp³-hybridized carbons (Fsp3) is 0.304. The lowest BCUT2D eigenvalue weighted by Gasteiger charge is -2.33. The van der Waals surface area contributed by atoms with Crippen LogP contribution in [0.1, 0.15) is 24.8 Å². The Labute approximate surface area is 202 Å². The molecule has 0 aliphatic carbocycles. The highest BCUT2D eigenvalue weighted by atomic mass is 35.5. The molecule has 2 aromatic carbocycles. The Balaban J connectivity index is 1.47. The summed E-state index contributed by atoms with van der Waals surface area (Å²) in [5.41, 5.74) is 2.26. The summed E-state index contributed by atoms with van der Waals surface area (Å²) >= 11 is 7.21. The molecule has 1 atom stereocenters. The van der Waals surface area contributed by atoms with Gasteiger partial charge in [-0.1, -0.05) is 30.2 Å². The van der Waals surface area contributed by atoms with Crippen LogP contribution in [0.25, 0.3) is 11.3 Å². The molecule has 1 fully saturated rings. The number of anilines is 1. The number of methoxy groups -OCH3 is 1. The van der Waals surface area contributed by atoms with Crippen LogP contribution in [0.15, 0.2) is 53.9 Å². The van der Waals surface area contributed by atoms with Crippen LogP contribution in [0, 0.1) is 0 Å². The first kappa shape index (κ1) is 23.7. The molecule has 0 unspecified atom stereocenters. The lowest BCUT2D eigenvalue weighted by molar-refractivity contribution is -0.120. The van der Waals surface area contributed by atoms with Crippen LogP contribution in [0.4, 0.5) is 5.13 Å². The highest BCUT2D eigenvalue weighted by Gasteiger charge is 2.37. The van der Waals surface area contributed by atoms with Gasteiger partial charge in [-0.05, 0) is 54.8 Å². The summed E-state index contributed by atoms with van der Waals surface area (Å²) in [5.74, 6) is 0.219. The molecule has 0 radical (unpaired) electrons. The molecular weight excluding hydrogens is 482 g/mol. The quantitative estimate of drug-likeness (QED) is 0.498. The number of rotatable bonds is 7. The predicted octanol–water partition coefficient (Wildman–Crippen LogP) is 4.80. The third-order valence-corrected chi connectivity index (χ3v) is 8.36. The molecule has 10 heteroatoms. The second kappa shape index (κ2) is 10.2. The number of nitrogens with one attached hydrogen (secondary N) is 1. The van der Waals surface area contributed by atoms with E-state index in [9.17, 15) is 13.2 Å². The van der Waals surface area contributed by atoms with E-state index in [4.69, 9.17) is 16.3 Å². The summed E-state index contributed by atoms with van der Waals surface area (Å²) in [6.45, 7) is 0.322. The molecular formula is C23H24ClN3O4S2. The molecule has 1 aromatic heterocycles. The van der Waals surface area contributed by atoms with Gasteiger partial charge in [0.05, 0.1) is 18.6 Å². The smallest absolute Gasteiger partial charge is 0.244 e. The fourth-order valence-corrected chi connectivity index (χ4v) is 6.41. The van der Waals surface area contributed by atoms with Gasteiger partial charge in [-0.25, -0.2) is 13.4 Å². The number of benzene rings is 2. The van der Waals surface area contributed by atoms with Crippen molar-refractivity contribution < 1.29 is 17.9 Å². The second-order valence-electron chi connectivity index (χ2n) is 7.76. The van der Waals surface area contributed by atoms with Gasteiger partial charge in [0.25, 0.3) is 0 Å². The topological polar surface area (TPSA) is 88.6 Å². The van der Waals surface area contributed by atoms with Crippen molar-refractivity contribution in [2.45, 2.75) is 31.1 Å². The van der Waals surface area contributed by atoms with Crippen LogP contribution in [-0.4, -0.2) is 43.3 Å². The number of sulfonamides is 1.